The Hall–Kier alpha value is -1.94. The van der Waals surface area contributed by atoms with E-state index in [1.807, 2.05) is 0 Å². The maximum absolute atomic E-state index is 13.1. The number of phosphoric ester groups is 2. The molecule has 558 valence electrons. The fourth-order valence-electron chi connectivity index (χ4n) is 11.6. The summed E-state index contributed by atoms with van der Waals surface area (Å²) in [6, 6.07) is 0. The van der Waals surface area contributed by atoms with Gasteiger partial charge in [-0.05, 0) is 25.7 Å². The molecule has 0 aromatic rings. The van der Waals surface area contributed by atoms with Crippen LogP contribution in [0.4, 0.5) is 0 Å². The van der Waals surface area contributed by atoms with Crippen LogP contribution in [0.25, 0.3) is 0 Å². The number of carbonyl (C=O) groups excluding carboxylic acids is 4. The molecule has 17 nitrogen and oxygen atoms in total. The van der Waals surface area contributed by atoms with E-state index >= 15 is 0 Å². The van der Waals surface area contributed by atoms with Crippen LogP contribution >= 0.6 is 15.6 Å². The van der Waals surface area contributed by atoms with Crippen LogP contribution in [0.15, 0.2) is 0 Å². The summed E-state index contributed by atoms with van der Waals surface area (Å²) in [5, 5.41) is 10.6. The van der Waals surface area contributed by atoms with E-state index in [1.54, 1.807) is 0 Å². The van der Waals surface area contributed by atoms with E-state index in [9.17, 15) is 43.2 Å². The van der Waals surface area contributed by atoms with E-state index in [4.69, 9.17) is 37.0 Å². The Morgan fingerprint density at radius 3 is 0.628 bits per heavy atom. The molecule has 0 saturated carbocycles. The maximum Gasteiger partial charge on any atom is 0.472 e. The number of aliphatic hydroxyl groups excluding tert-OH is 1. The summed E-state index contributed by atoms with van der Waals surface area (Å²) in [6.07, 6.45) is 59.7. The first-order chi connectivity index (χ1) is 45.7. The molecule has 0 aromatic carbocycles. The van der Waals surface area contributed by atoms with Crippen LogP contribution < -0.4 is 0 Å². The van der Waals surface area contributed by atoms with Gasteiger partial charge in [0.2, 0.25) is 0 Å². The fraction of sp³-hybridized carbons (Fsp3) is 0.947. The van der Waals surface area contributed by atoms with Crippen molar-refractivity contribution in [1.82, 2.24) is 0 Å². The zero-order valence-electron chi connectivity index (χ0n) is 60.9. The van der Waals surface area contributed by atoms with Crippen molar-refractivity contribution in [2.24, 2.45) is 0 Å². The molecule has 19 heteroatoms. The van der Waals surface area contributed by atoms with Crippen LogP contribution in [0.3, 0.4) is 0 Å². The number of hydrogen-bond acceptors (Lipinski definition) is 15. The van der Waals surface area contributed by atoms with Gasteiger partial charge in [-0.15, -0.1) is 0 Å². The predicted molar refractivity (Wildman–Crippen MR) is 382 cm³/mol. The number of phosphoric acid groups is 2. The van der Waals surface area contributed by atoms with Crippen LogP contribution in [0.5, 0.6) is 0 Å². The highest BCUT2D eigenvalue weighted by molar-refractivity contribution is 7.47. The minimum atomic E-state index is -4.95. The summed E-state index contributed by atoms with van der Waals surface area (Å²) in [5.74, 6) is -2.12. The Balaban J connectivity index is 5.18. The second kappa shape index (κ2) is 69.5. The molecule has 94 heavy (non-hydrogen) atoms. The fourth-order valence-corrected chi connectivity index (χ4v) is 13.2. The van der Waals surface area contributed by atoms with Gasteiger partial charge < -0.3 is 33.8 Å². The van der Waals surface area contributed by atoms with Gasteiger partial charge in [0, 0.05) is 25.7 Å². The molecule has 0 rings (SSSR count). The molecule has 2 unspecified atom stereocenters. The highest BCUT2D eigenvalue weighted by Gasteiger charge is 2.30. The molecule has 0 aliphatic carbocycles. The van der Waals surface area contributed by atoms with Crippen molar-refractivity contribution in [2.75, 3.05) is 39.6 Å². The molecule has 0 bridgehead atoms. The summed E-state index contributed by atoms with van der Waals surface area (Å²) < 4.78 is 68.4. The number of carbonyl (C=O) groups is 4. The van der Waals surface area contributed by atoms with Crippen LogP contribution in [0, 0.1) is 0 Å². The molecule has 0 saturated heterocycles. The van der Waals surface area contributed by atoms with Crippen molar-refractivity contribution in [3.63, 3.8) is 0 Å². The van der Waals surface area contributed by atoms with Crippen molar-refractivity contribution in [3.05, 3.63) is 0 Å². The van der Waals surface area contributed by atoms with Gasteiger partial charge in [0.05, 0.1) is 26.4 Å². The Morgan fingerprint density at radius 2 is 0.426 bits per heavy atom. The van der Waals surface area contributed by atoms with Crippen molar-refractivity contribution in [3.8, 4) is 0 Å². The Bertz CT molecular complexity index is 1790. The summed E-state index contributed by atoms with van der Waals surface area (Å²) in [4.78, 5) is 72.6. The van der Waals surface area contributed by atoms with E-state index in [-0.39, 0.29) is 25.7 Å². The van der Waals surface area contributed by atoms with Crippen LogP contribution in [0.1, 0.15) is 400 Å². The van der Waals surface area contributed by atoms with Gasteiger partial charge in [-0.2, -0.15) is 0 Å². The van der Waals surface area contributed by atoms with Gasteiger partial charge in [0.15, 0.2) is 12.2 Å². The molecule has 0 aromatic heterocycles. The van der Waals surface area contributed by atoms with Gasteiger partial charge in [0.25, 0.3) is 0 Å². The summed E-state index contributed by atoms with van der Waals surface area (Å²) >= 11 is 0. The predicted octanol–water partition coefficient (Wildman–Crippen LogP) is 22.2. The molecule has 0 amide bonds. The SMILES string of the molecule is CCCCCCCCCCCCCCCCCCCCCCC(=O)O[C@H](COC(=O)CCCCCCCCCCCCCCCCC)COP(=O)(O)OC[C@@H](O)COP(=O)(O)OC[C@@H](COC(=O)CCCCCCCCCC)OC(=O)CCCCCCCCCCCCC. The zero-order valence-corrected chi connectivity index (χ0v) is 62.7. The summed E-state index contributed by atoms with van der Waals surface area (Å²) in [7, 11) is -9.90. The lowest BCUT2D eigenvalue weighted by Gasteiger charge is -2.21. The van der Waals surface area contributed by atoms with Crippen molar-refractivity contribution in [1.29, 1.82) is 0 Å². The average Bonchev–Trinajstić information content (AvgIpc) is 1.70. The highest BCUT2D eigenvalue weighted by atomic mass is 31.2. The molecule has 0 aliphatic heterocycles. The van der Waals surface area contributed by atoms with Gasteiger partial charge in [-0.25, -0.2) is 9.13 Å². The first kappa shape index (κ1) is 92.1. The molecule has 0 spiro atoms. The van der Waals surface area contributed by atoms with Crippen LogP contribution in [-0.4, -0.2) is 96.7 Å². The van der Waals surface area contributed by atoms with E-state index in [0.29, 0.717) is 25.7 Å². The molecule has 0 heterocycles. The Kier molecular flexibility index (Phi) is 68.1. The maximum atomic E-state index is 13.1. The quantitative estimate of drug-likeness (QED) is 0.0222. The molecular weight excluding hydrogens is 1230 g/mol. The minimum Gasteiger partial charge on any atom is -0.462 e. The van der Waals surface area contributed by atoms with Crippen molar-refractivity contribution >= 4 is 39.5 Å². The first-order valence-corrected chi connectivity index (χ1v) is 42.3. The first-order valence-electron chi connectivity index (χ1n) is 39.3. The number of esters is 4. The lowest BCUT2D eigenvalue weighted by atomic mass is 10.0. The van der Waals surface area contributed by atoms with Crippen LogP contribution in [-0.2, 0) is 65.4 Å². The van der Waals surface area contributed by atoms with Crippen LogP contribution in [0.2, 0.25) is 0 Å². The molecule has 0 fully saturated rings. The topological polar surface area (TPSA) is 237 Å². The Morgan fingerprint density at radius 1 is 0.255 bits per heavy atom. The third-order valence-electron chi connectivity index (χ3n) is 17.6. The second-order valence-corrected chi connectivity index (χ2v) is 29.9. The van der Waals surface area contributed by atoms with E-state index < -0.39 is 97.5 Å². The Labute approximate surface area is 575 Å². The number of ether oxygens (including phenoxy) is 4. The monoisotopic (exact) mass is 1380 g/mol. The minimum absolute atomic E-state index is 0.107. The smallest absolute Gasteiger partial charge is 0.462 e. The number of unbranched alkanes of at least 4 members (excludes halogenated alkanes) is 50. The van der Waals surface area contributed by atoms with Gasteiger partial charge in [-0.1, -0.05) is 349 Å². The number of rotatable bonds is 76. The molecule has 3 N–H and O–H groups in total. The zero-order chi connectivity index (χ0) is 69.0. The van der Waals surface area contributed by atoms with Gasteiger partial charge in [0.1, 0.15) is 19.3 Å². The lowest BCUT2D eigenvalue weighted by Crippen LogP contribution is -2.30. The normalized spacial score (nSPS) is 13.9. The van der Waals surface area contributed by atoms with Crippen molar-refractivity contribution in [2.45, 2.75) is 418 Å². The van der Waals surface area contributed by atoms with E-state index in [0.717, 1.165) is 96.3 Å². The lowest BCUT2D eigenvalue weighted by molar-refractivity contribution is -0.161. The number of aliphatic hydroxyl groups is 1. The van der Waals surface area contributed by atoms with Gasteiger partial charge >= 0.3 is 39.5 Å². The van der Waals surface area contributed by atoms with Crippen molar-refractivity contribution < 1.29 is 80.2 Å². The largest absolute Gasteiger partial charge is 0.472 e. The third-order valence-corrected chi connectivity index (χ3v) is 19.5. The van der Waals surface area contributed by atoms with Gasteiger partial charge in [-0.3, -0.25) is 37.3 Å². The average molecular weight is 1380 g/mol. The van der Waals surface area contributed by atoms with E-state index in [2.05, 4.69) is 27.7 Å². The summed E-state index contributed by atoms with van der Waals surface area (Å²) in [5.41, 5.74) is 0. The highest BCUT2D eigenvalue weighted by Crippen LogP contribution is 2.45. The third kappa shape index (κ3) is 68.6. The second-order valence-electron chi connectivity index (χ2n) is 27.0. The molecule has 5 atom stereocenters. The number of hydrogen-bond donors (Lipinski definition) is 3. The summed E-state index contributed by atoms with van der Waals surface area (Å²) in [6.45, 7) is 4.95. The van der Waals surface area contributed by atoms with E-state index in [1.165, 1.54) is 225 Å². The standard InChI is InChI=1S/C75H146O17P2/c1-5-9-13-17-21-25-28-30-32-33-34-35-36-38-40-43-46-50-54-58-62-75(80)92-71(66-86-73(78)60-56-52-48-44-42-39-37-31-29-26-22-18-14-10-6-2)68-90-94(83,84)88-64-69(76)63-87-93(81,82)89-67-70(65-85-72(77)59-55-51-47-24-20-16-12-8-4)91-74(79)61-57-53-49-45-41-27-23-19-15-11-7-3/h69-71,76H,5-68H2,1-4H3,(H,81,82)(H,83,84)/t69-,70+,71+/m0/s1. The molecule has 0 radical (unpaired) electrons. The molecular formula is C75H146O17P2. The molecule has 0 aliphatic rings.